The number of aromatic nitrogens is 3. The molecule has 0 bridgehead atoms. The van der Waals surface area contributed by atoms with Crippen LogP contribution in [-0.2, 0) is 11.3 Å². The van der Waals surface area contributed by atoms with E-state index in [0.717, 1.165) is 11.1 Å². The monoisotopic (exact) mass is 261 g/mol. The maximum atomic E-state index is 11.6. The molecule has 2 aromatic heterocycles. The van der Waals surface area contributed by atoms with Gasteiger partial charge in [-0.2, -0.15) is 0 Å². The Hall–Kier alpha value is -2.21. The zero-order valence-electron chi connectivity index (χ0n) is 10.9. The maximum Gasteiger partial charge on any atom is 0.442 e. The third-order valence-corrected chi connectivity index (χ3v) is 2.62. The first-order valence-electron chi connectivity index (χ1n) is 5.84. The molecule has 0 aliphatic carbocycles. The number of ether oxygens (including phenoxy) is 1. The quantitative estimate of drug-likeness (QED) is 0.763. The number of allylic oxidation sites excluding steroid dienone is 1. The summed E-state index contributed by atoms with van der Waals surface area (Å²) in [5.41, 5.74) is 1.83. The van der Waals surface area contributed by atoms with Crippen LogP contribution >= 0.6 is 0 Å². The van der Waals surface area contributed by atoms with Crippen molar-refractivity contribution in [1.29, 1.82) is 0 Å². The molecule has 0 fully saturated rings. The molecule has 0 unspecified atom stereocenters. The van der Waals surface area contributed by atoms with Gasteiger partial charge in [0.15, 0.2) is 5.82 Å². The molecule has 2 rings (SSSR count). The Morgan fingerprint density at radius 3 is 2.89 bits per heavy atom. The van der Waals surface area contributed by atoms with Crippen LogP contribution in [0.2, 0.25) is 0 Å². The first-order valence-corrected chi connectivity index (χ1v) is 5.84. The average Bonchev–Trinajstić information content (AvgIpc) is 2.79. The van der Waals surface area contributed by atoms with Gasteiger partial charge in [0.25, 0.3) is 0 Å². The topological polar surface area (TPSA) is 70.2 Å². The molecular weight excluding hydrogens is 246 g/mol. The third kappa shape index (κ3) is 3.17. The van der Waals surface area contributed by atoms with Crippen molar-refractivity contribution in [2.75, 3.05) is 13.7 Å². The van der Waals surface area contributed by atoms with Gasteiger partial charge in [-0.15, -0.1) is 0 Å². The maximum absolute atomic E-state index is 11.6. The fraction of sp³-hybridized carbons (Fsp3) is 0.308. The second-order valence-electron chi connectivity index (χ2n) is 4.10. The van der Waals surface area contributed by atoms with Crippen LogP contribution in [0.3, 0.4) is 0 Å². The lowest BCUT2D eigenvalue weighted by Gasteiger charge is -2.02. The van der Waals surface area contributed by atoms with Crippen molar-refractivity contribution in [3.05, 3.63) is 46.7 Å². The van der Waals surface area contributed by atoms with Gasteiger partial charge < -0.3 is 4.74 Å². The summed E-state index contributed by atoms with van der Waals surface area (Å²) in [5.74, 6) is 0.0159. The van der Waals surface area contributed by atoms with Crippen LogP contribution in [0.15, 0.2) is 45.5 Å². The van der Waals surface area contributed by atoms with E-state index in [1.54, 1.807) is 31.6 Å². The Morgan fingerprint density at radius 2 is 2.21 bits per heavy atom. The summed E-state index contributed by atoms with van der Waals surface area (Å²) in [6.45, 7) is 2.87. The van der Waals surface area contributed by atoms with Crippen molar-refractivity contribution in [3.8, 4) is 11.4 Å². The predicted molar refractivity (Wildman–Crippen MR) is 69.6 cm³/mol. The molecule has 0 saturated carbocycles. The Morgan fingerprint density at radius 1 is 1.47 bits per heavy atom. The molecular formula is C13H15N3O3. The summed E-state index contributed by atoms with van der Waals surface area (Å²) in [6.07, 6.45) is 5.20. The second kappa shape index (κ2) is 6.10. The highest BCUT2D eigenvalue weighted by molar-refractivity contribution is 5.53. The lowest BCUT2D eigenvalue weighted by atomic mass is 10.2. The Kier molecular flexibility index (Phi) is 4.25. The van der Waals surface area contributed by atoms with E-state index in [1.165, 1.54) is 4.57 Å². The molecule has 0 atom stereocenters. The predicted octanol–water partition coefficient (Wildman–Crippen LogP) is 1.49. The summed E-state index contributed by atoms with van der Waals surface area (Å²) in [7, 11) is 1.63. The van der Waals surface area contributed by atoms with Gasteiger partial charge in [0.2, 0.25) is 0 Å². The Labute approximate surface area is 110 Å². The first-order chi connectivity index (χ1) is 9.22. The van der Waals surface area contributed by atoms with Crippen LogP contribution in [0.1, 0.15) is 6.92 Å². The number of nitrogens with zero attached hydrogens (tertiary/aromatic N) is 3. The van der Waals surface area contributed by atoms with Crippen LogP contribution < -0.4 is 5.76 Å². The van der Waals surface area contributed by atoms with E-state index in [2.05, 4.69) is 10.1 Å². The zero-order valence-corrected chi connectivity index (χ0v) is 10.9. The zero-order chi connectivity index (χ0) is 13.7. The van der Waals surface area contributed by atoms with Gasteiger partial charge in [0.1, 0.15) is 0 Å². The molecule has 2 heterocycles. The van der Waals surface area contributed by atoms with Gasteiger partial charge in [-0.05, 0) is 19.1 Å². The molecule has 2 aromatic rings. The molecule has 6 heteroatoms. The highest BCUT2D eigenvalue weighted by atomic mass is 16.5. The average molecular weight is 261 g/mol. The van der Waals surface area contributed by atoms with Crippen molar-refractivity contribution >= 4 is 0 Å². The van der Waals surface area contributed by atoms with Crippen LogP contribution in [0.5, 0.6) is 0 Å². The van der Waals surface area contributed by atoms with E-state index >= 15 is 0 Å². The van der Waals surface area contributed by atoms with Gasteiger partial charge in [-0.3, -0.25) is 14.1 Å². The van der Waals surface area contributed by atoms with E-state index in [0.29, 0.717) is 19.0 Å². The molecule has 0 aliphatic heterocycles. The van der Waals surface area contributed by atoms with Gasteiger partial charge in [-0.1, -0.05) is 16.8 Å². The van der Waals surface area contributed by atoms with Crippen molar-refractivity contribution < 1.29 is 9.26 Å². The first kappa shape index (κ1) is 13.2. The van der Waals surface area contributed by atoms with E-state index in [9.17, 15) is 4.79 Å². The summed E-state index contributed by atoms with van der Waals surface area (Å²) in [4.78, 5) is 15.6. The standard InChI is InChI=1S/C13H15N3O3/c1-10(9-18-2)5-8-16-12(15-19-13(16)17)11-3-6-14-7-4-11/h3-7H,8-9H2,1-2H3. The number of hydrogen-bond acceptors (Lipinski definition) is 5. The number of rotatable bonds is 5. The van der Waals surface area contributed by atoms with E-state index in [4.69, 9.17) is 9.26 Å². The van der Waals surface area contributed by atoms with Crippen molar-refractivity contribution in [3.63, 3.8) is 0 Å². The molecule has 0 N–H and O–H groups in total. The van der Waals surface area contributed by atoms with Gasteiger partial charge in [0, 0.05) is 31.6 Å². The van der Waals surface area contributed by atoms with Crippen LogP contribution in [0, 0.1) is 0 Å². The van der Waals surface area contributed by atoms with E-state index in [1.807, 2.05) is 13.0 Å². The minimum atomic E-state index is -0.478. The second-order valence-corrected chi connectivity index (χ2v) is 4.10. The minimum absolute atomic E-state index is 0.398. The molecule has 0 amide bonds. The number of hydrogen-bond donors (Lipinski definition) is 0. The summed E-state index contributed by atoms with van der Waals surface area (Å²) in [5, 5.41) is 3.80. The molecule has 6 nitrogen and oxygen atoms in total. The van der Waals surface area contributed by atoms with Crippen molar-refractivity contribution in [1.82, 2.24) is 14.7 Å². The molecule has 0 saturated heterocycles. The Balaban J connectivity index is 2.29. The van der Waals surface area contributed by atoms with E-state index < -0.39 is 5.76 Å². The molecule has 100 valence electrons. The largest absolute Gasteiger partial charge is 0.442 e. The SMILES string of the molecule is COCC(C)=CCn1c(-c2ccncc2)noc1=O. The van der Waals surface area contributed by atoms with Crippen molar-refractivity contribution in [2.45, 2.75) is 13.5 Å². The minimum Gasteiger partial charge on any atom is -0.380 e. The highest BCUT2D eigenvalue weighted by Gasteiger charge is 2.11. The summed E-state index contributed by atoms with van der Waals surface area (Å²) >= 11 is 0. The molecule has 0 aliphatic rings. The highest BCUT2D eigenvalue weighted by Crippen LogP contribution is 2.14. The molecule has 19 heavy (non-hydrogen) atoms. The molecule has 0 spiro atoms. The normalized spacial score (nSPS) is 11.8. The third-order valence-electron chi connectivity index (χ3n) is 2.62. The summed E-state index contributed by atoms with van der Waals surface area (Å²) in [6, 6.07) is 3.55. The molecule has 0 radical (unpaired) electrons. The van der Waals surface area contributed by atoms with Gasteiger partial charge in [-0.25, -0.2) is 4.79 Å². The van der Waals surface area contributed by atoms with Gasteiger partial charge in [0.05, 0.1) is 6.61 Å². The Bertz CT molecular complexity index is 614. The van der Waals surface area contributed by atoms with Crippen LogP contribution in [0.4, 0.5) is 0 Å². The van der Waals surface area contributed by atoms with Crippen LogP contribution in [0.25, 0.3) is 11.4 Å². The number of methoxy groups -OCH3 is 1. The summed E-state index contributed by atoms with van der Waals surface area (Å²) < 4.78 is 11.2. The van der Waals surface area contributed by atoms with Gasteiger partial charge >= 0.3 is 5.76 Å². The lowest BCUT2D eigenvalue weighted by molar-refractivity contribution is 0.225. The van der Waals surface area contributed by atoms with E-state index in [-0.39, 0.29) is 0 Å². The number of pyridine rings is 1. The lowest BCUT2D eigenvalue weighted by Crippen LogP contribution is -2.15. The fourth-order valence-electron chi connectivity index (χ4n) is 1.67. The van der Waals surface area contributed by atoms with Crippen molar-refractivity contribution in [2.24, 2.45) is 0 Å². The smallest absolute Gasteiger partial charge is 0.380 e. The van der Waals surface area contributed by atoms with Crippen LogP contribution in [-0.4, -0.2) is 28.4 Å². The fourth-order valence-corrected chi connectivity index (χ4v) is 1.67. The molecule has 0 aromatic carbocycles.